The monoisotopic (exact) mass is 254 g/mol. The molecule has 1 heterocycles. The van der Waals surface area contributed by atoms with E-state index in [1.54, 1.807) is 0 Å². The minimum Gasteiger partial charge on any atom is -0.370 e. The molecule has 4 nitrogen and oxygen atoms in total. The Hall–Kier alpha value is -0.770. The molecule has 18 heavy (non-hydrogen) atoms. The lowest BCUT2D eigenvalue weighted by Gasteiger charge is -2.35. The minimum atomic E-state index is 0.650. The molecule has 1 atom stereocenters. The summed E-state index contributed by atoms with van der Waals surface area (Å²) < 4.78 is 0. The molecule has 1 unspecified atom stereocenters. The fraction of sp³-hybridized carbons (Fsp3) is 0.929. The van der Waals surface area contributed by atoms with E-state index >= 15 is 0 Å². The molecule has 1 aliphatic heterocycles. The van der Waals surface area contributed by atoms with Crippen molar-refractivity contribution < 1.29 is 0 Å². The quantitative estimate of drug-likeness (QED) is 0.601. The van der Waals surface area contributed by atoms with Crippen molar-refractivity contribution in [1.82, 2.24) is 9.80 Å². The van der Waals surface area contributed by atoms with Crippen molar-refractivity contribution in [2.45, 2.75) is 46.6 Å². The van der Waals surface area contributed by atoms with Crippen LogP contribution in [0.2, 0.25) is 0 Å². The van der Waals surface area contributed by atoms with Crippen LogP contribution in [0.3, 0.4) is 0 Å². The highest BCUT2D eigenvalue weighted by Crippen LogP contribution is 2.18. The van der Waals surface area contributed by atoms with E-state index in [-0.39, 0.29) is 0 Å². The maximum absolute atomic E-state index is 6.01. The normalized spacial score (nSPS) is 22.5. The third kappa shape index (κ3) is 4.48. The Labute approximate surface area is 112 Å². The van der Waals surface area contributed by atoms with Crippen molar-refractivity contribution in [2.75, 3.05) is 32.7 Å². The van der Waals surface area contributed by atoms with Gasteiger partial charge in [-0.2, -0.15) is 0 Å². The van der Waals surface area contributed by atoms with Crippen molar-refractivity contribution in [2.24, 2.45) is 16.6 Å². The standard InChI is InChI=1S/C14H30N4/c1-5-17(6-2)14(15)16-10-13-8-7-9-18(11-13)12(3)4/h12-13H,5-11H2,1-4H3,(H2,15,16). The molecule has 0 radical (unpaired) electrons. The number of nitrogens with two attached hydrogens (primary N) is 1. The van der Waals surface area contributed by atoms with Gasteiger partial charge in [0.05, 0.1) is 0 Å². The van der Waals surface area contributed by atoms with Crippen LogP contribution >= 0.6 is 0 Å². The van der Waals surface area contributed by atoms with E-state index in [2.05, 4.69) is 42.5 Å². The van der Waals surface area contributed by atoms with Gasteiger partial charge >= 0.3 is 0 Å². The topological polar surface area (TPSA) is 44.9 Å². The Bertz CT molecular complexity index is 259. The van der Waals surface area contributed by atoms with Crippen LogP contribution < -0.4 is 5.73 Å². The van der Waals surface area contributed by atoms with Gasteiger partial charge in [-0.05, 0) is 53.0 Å². The highest BCUT2D eigenvalue weighted by Gasteiger charge is 2.21. The van der Waals surface area contributed by atoms with E-state index in [1.165, 1.54) is 25.9 Å². The zero-order chi connectivity index (χ0) is 13.5. The number of nitrogens with zero attached hydrogens (tertiary/aromatic N) is 3. The number of hydrogen-bond donors (Lipinski definition) is 1. The fourth-order valence-electron chi connectivity index (χ4n) is 2.59. The number of guanidine groups is 1. The Morgan fingerprint density at radius 3 is 2.61 bits per heavy atom. The lowest BCUT2D eigenvalue weighted by Crippen LogP contribution is -2.41. The zero-order valence-electron chi connectivity index (χ0n) is 12.5. The van der Waals surface area contributed by atoms with Gasteiger partial charge in [0.1, 0.15) is 0 Å². The third-order valence-electron chi connectivity index (χ3n) is 3.88. The summed E-state index contributed by atoms with van der Waals surface area (Å²) in [5.74, 6) is 1.39. The molecule has 106 valence electrons. The molecule has 0 aromatic rings. The van der Waals surface area contributed by atoms with E-state index in [9.17, 15) is 0 Å². The second-order valence-electron chi connectivity index (χ2n) is 5.47. The number of rotatable bonds is 5. The number of likely N-dealkylation sites (tertiary alicyclic amines) is 1. The fourth-order valence-corrected chi connectivity index (χ4v) is 2.59. The molecule has 0 aliphatic carbocycles. The Morgan fingerprint density at radius 1 is 1.39 bits per heavy atom. The molecule has 2 N–H and O–H groups in total. The molecular formula is C14H30N4. The van der Waals surface area contributed by atoms with Crippen molar-refractivity contribution in [1.29, 1.82) is 0 Å². The van der Waals surface area contributed by atoms with Crippen LogP contribution in [-0.2, 0) is 0 Å². The van der Waals surface area contributed by atoms with Crippen LogP contribution in [0.1, 0.15) is 40.5 Å². The number of hydrogen-bond acceptors (Lipinski definition) is 2. The number of aliphatic imine (C=N–C) groups is 1. The second kappa shape index (κ2) is 7.62. The van der Waals surface area contributed by atoms with E-state index in [1.807, 2.05) is 0 Å². The predicted molar refractivity (Wildman–Crippen MR) is 78.8 cm³/mol. The molecule has 0 aromatic heterocycles. The first-order valence-electron chi connectivity index (χ1n) is 7.37. The maximum atomic E-state index is 6.01. The van der Waals surface area contributed by atoms with Gasteiger partial charge in [0.15, 0.2) is 5.96 Å². The third-order valence-corrected chi connectivity index (χ3v) is 3.88. The summed E-state index contributed by atoms with van der Waals surface area (Å²) in [5.41, 5.74) is 6.01. The van der Waals surface area contributed by atoms with Gasteiger partial charge in [-0.15, -0.1) is 0 Å². The van der Waals surface area contributed by atoms with E-state index < -0.39 is 0 Å². The summed E-state index contributed by atoms with van der Waals surface area (Å²) in [6.45, 7) is 14.0. The lowest BCUT2D eigenvalue weighted by atomic mass is 9.97. The van der Waals surface area contributed by atoms with Gasteiger partial charge in [-0.25, -0.2) is 0 Å². The summed E-state index contributed by atoms with van der Waals surface area (Å²) in [6, 6.07) is 0.650. The molecule has 0 saturated carbocycles. The van der Waals surface area contributed by atoms with Crippen LogP contribution in [0, 0.1) is 5.92 Å². The average molecular weight is 254 g/mol. The van der Waals surface area contributed by atoms with Crippen molar-refractivity contribution in [3.8, 4) is 0 Å². The first-order chi connectivity index (χ1) is 8.58. The maximum Gasteiger partial charge on any atom is 0.191 e. The van der Waals surface area contributed by atoms with Crippen molar-refractivity contribution >= 4 is 5.96 Å². The second-order valence-corrected chi connectivity index (χ2v) is 5.47. The highest BCUT2D eigenvalue weighted by molar-refractivity contribution is 5.77. The van der Waals surface area contributed by atoms with Crippen LogP contribution in [0.15, 0.2) is 4.99 Å². The van der Waals surface area contributed by atoms with E-state index in [0.29, 0.717) is 17.9 Å². The van der Waals surface area contributed by atoms with Crippen LogP contribution in [0.25, 0.3) is 0 Å². The van der Waals surface area contributed by atoms with Gasteiger partial charge in [0.25, 0.3) is 0 Å². The Balaban J connectivity index is 2.44. The lowest BCUT2D eigenvalue weighted by molar-refractivity contribution is 0.143. The molecule has 0 amide bonds. The predicted octanol–water partition coefficient (Wildman–Crippen LogP) is 1.76. The molecule has 0 bridgehead atoms. The van der Waals surface area contributed by atoms with Crippen LogP contribution in [-0.4, -0.2) is 54.5 Å². The number of piperidine rings is 1. The van der Waals surface area contributed by atoms with Crippen LogP contribution in [0.4, 0.5) is 0 Å². The molecular weight excluding hydrogens is 224 g/mol. The SMILES string of the molecule is CCN(CC)C(N)=NCC1CCCN(C(C)C)C1. The molecule has 4 heteroatoms. The van der Waals surface area contributed by atoms with Gasteiger partial charge in [-0.1, -0.05) is 0 Å². The molecule has 1 fully saturated rings. The van der Waals surface area contributed by atoms with Crippen LogP contribution in [0.5, 0.6) is 0 Å². The molecule has 1 rings (SSSR count). The first-order valence-corrected chi connectivity index (χ1v) is 7.37. The smallest absolute Gasteiger partial charge is 0.191 e. The molecule has 1 aliphatic rings. The first kappa shape index (κ1) is 15.3. The highest BCUT2D eigenvalue weighted by atomic mass is 15.2. The van der Waals surface area contributed by atoms with Gasteiger partial charge < -0.3 is 15.5 Å². The Kier molecular flexibility index (Phi) is 6.47. The van der Waals surface area contributed by atoms with E-state index in [4.69, 9.17) is 5.73 Å². The van der Waals surface area contributed by atoms with Crippen molar-refractivity contribution in [3.05, 3.63) is 0 Å². The largest absolute Gasteiger partial charge is 0.370 e. The van der Waals surface area contributed by atoms with Gasteiger partial charge in [-0.3, -0.25) is 4.99 Å². The van der Waals surface area contributed by atoms with Gasteiger partial charge in [0, 0.05) is 32.2 Å². The minimum absolute atomic E-state index is 0.650. The zero-order valence-corrected chi connectivity index (χ0v) is 12.5. The van der Waals surface area contributed by atoms with E-state index in [0.717, 1.165) is 19.6 Å². The average Bonchev–Trinajstić information content (AvgIpc) is 2.38. The summed E-state index contributed by atoms with van der Waals surface area (Å²) in [6.07, 6.45) is 2.59. The van der Waals surface area contributed by atoms with Crippen molar-refractivity contribution in [3.63, 3.8) is 0 Å². The summed E-state index contributed by atoms with van der Waals surface area (Å²) in [5, 5.41) is 0. The van der Waals surface area contributed by atoms with Gasteiger partial charge in [0.2, 0.25) is 0 Å². The summed E-state index contributed by atoms with van der Waals surface area (Å²) in [4.78, 5) is 9.24. The summed E-state index contributed by atoms with van der Waals surface area (Å²) in [7, 11) is 0. The molecule has 0 spiro atoms. The summed E-state index contributed by atoms with van der Waals surface area (Å²) >= 11 is 0. The molecule has 0 aromatic carbocycles. The molecule has 1 saturated heterocycles. The Morgan fingerprint density at radius 2 is 2.06 bits per heavy atom.